The summed E-state index contributed by atoms with van der Waals surface area (Å²) in [7, 11) is 1.87. The van der Waals surface area contributed by atoms with Crippen LogP contribution in [0.1, 0.15) is 37.6 Å². The summed E-state index contributed by atoms with van der Waals surface area (Å²) in [5.74, 6) is 1.57. The number of hydrogen-bond acceptors (Lipinski definition) is 7. The molecule has 0 aromatic carbocycles. The average Bonchev–Trinajstić information content (AvgIpc) is 2.73. The summed E-state index contributed by atoms with van der Waals surface area (Å²) in [6.07, 6.45) is -1.38. The molecule has 5 rings (SSSR count). The zero-order chi connectivity index (χ0) is 22.6. The zero-order valence-corrected chi connectivity index (χ0v) is 17.8. The van der Waals surface area contributed by atoms with E-state index in [0.717, 1.165) is 36.1 Å². The van der Waals surface area contributed by atoms with E-state index < -0.39 is 11.9 Å². The van der Waals surface area contributed by atoms with Gasteiger partial charge in [-0.05, 0) is 44.7 Å². The molecule has 0 saturated heterocycles. The van der Waals surface area contributed by atoms with Crippen molar-refractivity contribution in [3.63, 3.8) is 0 Å². The number of nitrogens with one attached hydrogen (secondary N) is 2. The normalized spacial score (nSPS) is 24.7. The van der Waals surface area contributed by atoms with Crippen molar-refractivity contribution in [2.75, 3.05) is 34.0 Å². The first-order valence-corrected chi connectivity index (χ1v) is 10.7. The van der Waals surface area contributed by atoms with Crippen LogP contribution in [0.25, 0.3) is 0 Å². The summed E-state index contributed by atoms with van der Waals surface area (Å²) in [5, 5.41) is 6.41. The van der Waals surface area contributed by atoms with Crippen LogP contribution >= 0.6 is 0 Å². The number of alkyl halides is 3. The summed E-state index contributed by atoms with van der Waals surface area (Å²) >= 11 is 0. The van der Waals surface area contributed by atoms with Crippen molar-refractivity contribution in [2.24, 2.45) is 0 Å². The number of aromatic nitrogens is 3. The fourth-order valence-electron chi connectivity index (χ4n) is 4.48. The van der Waals surface area contributed by atoms with Crippen LogP contribution in [0.4, 0.5) is 36.4 Å². The molecule has 32 heavy (non-hydrogen) atoms. The lowest BCUT2D eigenvalue weighted by atomic mass is 9.87. The highest BCUT2D eigenvalue weighted by molar-refractivity contribution is 6.05. The maximum absolute atomic E-state index is 12.8. The molecule has 3 aliphatic rings. The fraction of sp³-hybridized carbons (Fsp3) is 0.524. The first kappa shape index (κ1) is 20.8. The Kier molecular flexibility index (Phi) is 4.86. The van der Waals surface area contributed by atoms with Crippen molar-refractivity contribution in [1.29, 1.82) is 0 Å². The Bertz CT molecular complexity index is 1050. The second kappa shape index (κ2) is 7.49. The molecule has 0 unspecified atom stereocenters. The summed E-state index contributed by atoms with van der Waals surface area (Å²) in [5.41, 5.74) is 0.785. The smallest absolute Gasteiger partial charge is 0.367 e. The highest BCUT2D eigenvalue weighted by atomic mass is 19.4. The topological polar surface area (TPSA) is 86.3 Å². The Morgan fingerprint density at radius 3 is 2.59 bits per heavy atom. The molecule has 2 N–H and O–H groups in total. The van der Waals surface area contributed by atoms with Gasteiger partial charge < -0.3 is 20.4 Å². The maximum Gasteiger partial charge on any atom is 0.433 e. The van der Waals surface area contributed by atoms with Crippen LogP contribution in [0.15, 0.2) is 18.2 Å². The monoisotopic (exact) mass is 447 g/mol. The van der Waals surface area contributed by atoms with Gasteiger partial charge in [0.15, 0.2) is 5.82 Å². The van der Waals surface area contributed by atoms with Gasteiger partial charge in [0.2, 0.25) is 11.9 Å². The quantitative estimate of drug-likeness (QED) is 0.745. The van der Waals surface area contributed by atoms with Crippen LogP contribution in [0, 0.1) is 0 Å². The number of amides is 1. The van der Waals surface area contributed by atoms with Gasteiger partial charge in [0.25, 0.3) is 0 Å². The van der Waals surface area contributed by atoms with E-state index in [1.54, 1.807) is 4.90 Å². The average molecular weight is 447 g/mol. The molecule has 1 aliphatic carbocycles. The predicted octanol–water partition coefficient (Wildman–Crippen LogP) is 3.06. The predicted molar refractivity (Wildman–Crippen MR) is 114 cm³/mol. The van der Waals surface area contributed by atoms with Crippen LogP contribution in [-0.4, -0.2) is 52.6 Å². The minimum Gasteiger partial charge on any atom is -0.367 e. The van der Waals surface area contributed by atoms with E-state index in [1.807, 2.05) is 18.9 Å². The third-order valence-electron chi connectivity index (χ3n) is 6.40. The Balaban J connectivity index is 1.26. The molecule has 1 saturated carbocycles. The lowest BCUT2D eigenvalue weighted by Gasteiger charge is -2.42. The number of hydrogen-bond donors (Lipinski definition) is 2. The summed E-state index contributed by atoms with van der Waals surface area (Å²) in [4.78, 5) is 29.3. The van der Waals surface area contributed by atoms with Crippen LogP contribution in [0.3, 0.4) is 0 Å². The van der Waals surface area contributed by atoms with E-state index in [4.69, 9.17) is 4.98 Å². The summed E-state index contributed by atoms with van der Waals surface area (Å²) < 4.78 is 38.5. The molecule has 0 spiro atoms. The van der Waals surface area contributed by atoms with Crippen molar-refractivity contribution < 1.29 is 18.0 Å². The highest BCUT2D eigenvalue weighted by Crippen LogP contribution is 2.40. The molecule has 0 radical (unpaired) electrons. The highest BCUT2D eigenvalue weighted by Gasteiger charge is 2.39. The molecule has 170 valence electrons. The Hall–Kier alpha value is -3.11. The standard InChI is InChI=1S/C21H24F3N7O/c1-11-19(32)31-8-4-5-14-17(31)18(30(11)2)29-20(27-14)26-13-9-12(10-13)25-16-7-3-6-15(28-16)21(22,23)24/h3,6-7,11-13H,4-5,8-10H2,1-2H3,(H,25,28)(H,26,27,29)/t11-,12?,13?/m0/s1. The molecule has 2 aliphatic heterocycles. The van der Waals surface area contributed by atoms with Gasteiger partial charge in [-0.25, -0.2) is 9.97 Å². The van der Waals surface area contributed by atoms with Crippen LogP contribution in [0.2, 0.25) is 0 Å². The summed E-state index contributed by atoms with van der Waals surface area (Å²) in [6, 6.07) is 3.70. The van der Waals surface area contributed by atoms with E-state index in [9.17, 15) is 18.0 Å². The van der Waals surface area contributed by atoms with Gasteiger partial charge in [-0.3, -0.25) is 4.79 Å². The van der Waals surface area contributed by atoms with Crippen LogP contribution in [-0.2, 0) is 17.4 Å². The lowest BCUT2D eigenvalue weighted by Crippen LogP contribution is -2.53. The first-order valence-electron chi connectivity index (χ1n) is 10.7. The molecule has 1 fully saturated rings. The second-order valence-corrected chi connectivity index (χ2v) is 8.61. The molecule has 1 atom stereocenters. The van der Waals surface area contributed by atoms with E-state index >= 15 is 0 Å². The van der Waals surface area contributed by atoms with Crippen molar-refractivity contribution in [1.82, 2.24) is 15.0 Å². The van der Waals surface area contributed by atoms with E-state index in [-0.39, 0.29) is 29.9 Å². The third kappa shape index (κ3) is 3.59. The van der Waals surface area contributed by atoms with Gasteiger partial charge in [-0.2, -0.15) is 18.2 Å². The van der Waals surface area contributed by atoms with Crippen LogP contribution < -0.4 is 20.4 Å². The first-order chi connectivity index (χ1) is 15.2. The number of rotatable bonds is 4. The lowest BCUT2D eigenvalue weighted by molar-refractivity contribution is -0.141. The largest absolute Gasteiger partial charge is 0.433 e. The van der Waals surface area contributed by atoms with E-state index in [0.29, 0.717) is 25.3 Å². The van der Waals surface area contributed by atoms with Gasteiger partial charge in [0, 0.05) is 25.7 Å². The maximum atomic E-state index is 12.8. The Morgan fingerprint density at radius 1 is 1.09 bits per heavy atom. The van der Waals surface area contributed by atoms with Crippen molar-refractivity contribution in [3.05, 3.63) is 29.6 Å². The molecule has 0 bridgehead atoms. The minimum atomic E-state index is -4.46. The molecular weight excluding hydrogens is 423 g/mol. The number of carbonyl (C=O) groups is 1. The van der Waals surface area contributed by atoms with Crippen molar-refractivity contribution >= 4 is 29.2 Å². The zero-order valence-electron chi connectivity index (χ0n) is 17.8. The fourth-order valence-corrected chi connectivity index (χ4v) is 4.48. The minimum absolute atomic E-state index is 0.0234. The molecular formula is C21H24F3N7O. The molecule has 8 nitrogen and oxygen atoms in total. The Labute approximate surface area is 183 Å². The number of aryl methyl sites for hydroxylation is 1. The van der Waals surface area contributed by atoms with Gasteiger partial charge in [-0.15, -0.1) is 0 Å². The summed E-state index contributed by atoms with van der Waals surface area (Å²) in [6.45, 7) is 2.56. The third-order valence-corrected chi connectivity index (χ3v) is 6.40. The number of halogens is 3. The van der Waals surface area contributed by atoms with Crippen molar-refractivity contribution in [2.45, 2.75) is 56.9 Å². The number of nitrogens with zero attached hydrogens (tertiary/aromatic N) is 5. The van der Waals surface area contributed by atoms with Gasteiger partial charge >= 0.3 is 6.18 Å². The number of likely N-dealkylation sites (N-methyl/N-ethyl adjacent to an activating group) is 1. The van der Waals surface area contributed by atoms with E-state index in [1.165, 1.54) is 12.1 Å². The molecule has 2 aromatic rings. The second-order valence-electron chi connectivity index (χ2n) is 8.61. The van der Waals surface area contributed by atoms with Crippen molar-refractivity contribution in [3.8, 4) is 0 Å². The van der Waals surface area contributed by atoms with Gasteiger partial charge in [-0.1, -0.05) is 6.07 Å². The Morgan fingerprint density at radius 2 is 1.84 bits per heavy atom. The number of pyridine rings is 1. The van der Waals surface area contributed by atoms with Gasteiger partial charge in [0.05, 0.1) is 5.69 Å². The van der Waals surface area contributed by atoms with E-state index in [2.05, 4.69) is 20.6 Å². The molecule has 2 aromatic heterocycles. The van der Waals surface area contributed by atoms with Gasteiger partial charge in [0.1, 0.15) is 23.2 Å². The van der Waals surface area contributed by atoms with Crippen LogP contribution in [0.5, 0.6) is 0 Å². The molecule has 11 heteroatoms. The SMILES string of the molecule is C[C@H]1C(=O)N2CCCc3nc(NC4CC(Nc5cccc(C(F)(F)F)n5)C4)nc(c32)N1C. The number of carbonyl (C=O) groups excluding carboxylic acids is 1. The number of anilines is 4. The molecule has 4 heterocycles. The molecule has 1 amide bonds.